The van der Waals surface area contributed by atoms with E-state index in [2.05, 4.69) is 14.7 Å². The van der Waals surface area contributed by atoms with Gasteiger partial charge in [0, 0.05) is 24.7 Å². The van der Waals surface area contributed by atoms with Crippen LogP contribution in [0.1, 0.15) is 5.69 Å². The van der Waals surface area contributed by atoms with Gasteiger partial charge in [-0.25, -0.2) is 22.9 Å². The van der Waals surface area contributed by atoms with Crippen LogP contribution in [0.3, 0.4) is 0 Å². The van der Waals surface area contributed by atoms with E-state index < -0.39 is 34.0 Å². The molecule has 0 saturated carbocycles. The van der Waals surface area contributed by atoms with E-state index in [4.69, 9.17) is 15.6 Å². The molecule has 0 radical (unpaired) electrons. The number of carbonyl (C=O) groups is 1. The van der Waals surface area contributed by atoms with Crippen LogP contribution in [-0.4, -0.2) is 48.7 Å². The van der Waals surface area contributed by atoms with Gasteiger partial charge in [-0.05, 0) is 35.4 Å². The van der Waals surface area contributed by atoms with Gasteiger partial charge in [0.15, 0.2) is 0 Å². The molecule has 0 fully saturated rings. The van der Waals surface area contributed by atoms with Crippen LogP contribution in [0.2, 0.25) is 0 Å². The normalized spacial score (nSPS) is 12.3. The molecule has 0 saturated heterocycles. The lowest BCUT2D eigenvalue weighted by Crippen LogP contribution is -2.29. The third-order valence-corrected chi connectivity index (χ3v) is 5.47. The van der Waals surface area contributed by atoms with Crippen molar-refractivity contribution >= 4 is 27.0 Å². The molecule has 0 aliphatic carbocycles. The number of H-pyrrole nitrogens is 1. The number of aliphatic carboxylic acids is 1. The molecule has 33 heavy (non-hydrogen) atoms. The lowest BCUT2D eigenvalue weighted by molar-refractivity contribution is -0.192. The van der Waals surface area contributed by atoms with Crippen molar-refractivity contribution in [2.75, 3.05) is 13.1 Å². The number of nitrogens with one attached hydrogen (secondary N) is 2. The molecule has 0 amide bonds. The van der Waals surface area contributed by atoms with Gasteiger partial charge in [0.2, 0.25) is 10.0 Å². The average molecular weight is 498 g/mol. The molecular formula is C18H16F6N4O4S. The summed E-state index contributed by atoms with van der Waals surface area (Å²) < 4.78 is 96.9. The number of carboxylic acids is 1. The van der Waals surface area contributed by atoms with Crippen molar-refractivity contribution in [3.8, 4) is 11.1 Å². The molecule has 0 atom stereocenters. The Bertz CT molecular complexity index is 1220. The van der Waals surface area contributed by atoms with Crippen molar-refractivity contribution < 1.29 is 44.7 Å². The average Bonchev–Trinajstić information content (AvgIpc) is 3.17. The monoisotopic (exact) mass is 498 g/mol. The zero-order valence-electron chi connectivity index (χ0n) is 16.3. The highest BCUT2D eigenvalue weighted by atomic mass is 32.2. The van der Waals surface area contributed by atoms with E-state index in [0.717, 1.165) is 6.07 Å². The first kappa shape index (κ1) is 26.1. The Hall–Kier alpha value is -3.17. The fourth-order valence-electron chi connectivity index (χ4n) is 2.52. The summed E-state index contributed by atoms with van der Waals surface area (Å²) in [6.45, 7) is 0.278. The molecule has 1 aromatic carbocycles. The van der Waals surface area contributed by atoms with Gasteiger partial charge in [0.25, 0.3) is 0 Å². The standard InChI is InChI=1S/C16H15F3N4O2S.C2HF3O2/c17-16(18,19)14-9-13-12(5-7-21-15(13)23-14)10-1-3-11(4-2-10)26(24,25)22-8-6-20;3-2(4,5)1(6)7/h1-5,7,9,22H,6,8,20H2,(H,21,23);(H,6,7). The summed E-state index contributed by atoms with van der Waals surface area (Å²) in [6, 6.07) is 8.41. The summed E-state index contributed by atoms with van der Waals surface area (Å²) in [6.07, 6.45) is -8.20. The van der Waals surface area contributed by atoms with Gasteiger partial charge in [-0.3, -0.25) is 0 Å². The van der Waals surface area contributed by atoms with Gasteiger partial charge in [0.1, 0.15) is 11.3 Å². The van der Waals surface area contributed by atoms with Crippen LogP contribution in [0.4, 0.5) is 26.3 Å². The number of nitrogens with two attached hydrogens (primary N) is 1. The van der Waals surface area contributed by atoms with Crippen LogP contribution >= 0.6 is 0 Å². The van der Waals surface area contributed by atoms with Gasteiger partial charge in [-0.1, -0.05) is 12.1 Å². The zero-order chi connectivity index (χ0) is 25.0. The van der Waals surface area contributed by atoms with Gasteiger partial charge < -0.3 is 15.8 Å². The Labute approximate surface area is 182 Å². The van der Waals surface area contributed by atoms with Crippen molar-refractivity contribution in [1.82, 2.24) is 14.7 Å². The lowest BCUT2D eigenvalue weighted by atomic mass is 10.0. The fourth-order valence-corrected chi connectivity index (χ4v) is 3.57. The quantitative estimate of drug-likeness (QED) is 0.399. The number of aromatic amines is 1. The molecule has 0 spiro atoms. The maximum Gasteiger partial charge on any atom is 0.490 e. The van der Waals surface area contributed by atoms with Crippen LogP contribution in [0.15, 0.2) is 47.5 Å². The van der Waals surface area contributed by atoms with E-state index in [-0.39, 0.29) is 23.6 Å². The predicted octanol–water partition coefficient (Wildman–Crippen LogP) is 3.12. The Morgan fingerprint density at radius 1 is 1.09 bits per heavy atom. The number of alkyl halides is 6. The third kappa shape index (κ3) is 6.66. The van der Waals surface area contributed by atoms with Crippen molar-refractivity contribution in [2.45, 2.75) is 17.2 Å². The van der Waals surface area contributed by atoms with Crippen LogP contribution in [0, 0.1) is 0 Å². The molecule has 0 unspecified atom stereocenters. The number of carboxylic acid groups (broad SMARTS) is 1. The molecule has 5 N–H and O–H groups in total. The lowest BCUT2D eigenvalue weighted by Gasteiger charge is -2.07. The molecule has 0 aliphatic rings. The highest BCUT2D eigenvalue weighted by Crippen LogP contribution is 2.34. The largest absolute Gasteiger partial charge is 0.490 e. The summed E-state index contributed by atoms with van der Waals surface area (Å²) in [5.74, 6) is -2.76. The van der Waals surface area contributed by atoms with Gasteiger partial charge >= 0.3 is 18.3 Å². The Balaban J connectivity index is 0.000000479. The van der Waals surface area contributed by atoms with E-state index in [1.54, 1.807) is 6.07 Å². The number of hydrogen-bond acceptors (Lipinski definition) is 5. The molecule has 3 rings (SSSR count). The van der Waals surface area contributed by atoms with Crippen LogP contribution < -0.4 is 10.5 Å². The van der Waals surface area contributed by atoms with Gasteiger partial charge in [-0.15, -0.1) is 0 Å². The molecule has 2 aromatic heterocycles. The van der Waals surface area contributed by atoms with Gasteiger partial charge in [0.05, 0.1) is 4.90 Å². The predicted molar refractivity (Wildman–Crippen MR) is 104 cm³/mol. The number of sulfonamides is 1. The third-order valence-electron chi connectivity index (χ3n) is 3.99. The summed E-state index contributed by atoms with van der Waals surface area (Å²) in [7, 11) is -3.68. The zero-order valence-corrected chi connectivity index (χ0v) is 17.1. The Morgan fingerprint density at radius 3 is 2.15 bits per heavy atom. The van der Waals surface area contributed by atoms with Crippen LogP contribution in [0.5, 0.6) is 0 Å². The SMILES string of the molecule is NCCNS(=O)(=O)c1ccc(-c2ccnc3[nH]c(C(F)(F)F)cc23)cc1.O=C(O)C(F)(F)F. The smallest absolute Gasteiger partial charge is 0.475 e. The maximum absolute atomic E-state index is 12.9. The van der Waals surface area contributed by atoms with Crippen molar-refractivity contribution in [2.24, 2.45) is 5.73 Å². The summed E-state index contributed by atoms with van der Waals surface area (Å²) in [5, 5.41) is 7.43. The molecule has 0 aliphatic heterocycles. The van der Waals surface area contributed by atoms with E-state index >= 15 is 0 Å². The molecule has 2 heterocycles. The summed E-state index contributed by atoms with van der Waals surface area (Å²) in [5.41, 5.74) is 5.59. The number of nitrogens with zero attached hydrogens (tertiary/aromatic N) is 1. The number of hydrogen-bond donors (Lipinski definition) is 4. The second kappa shape index (κ2) is 9.76. The van der Waals surface area contributed by atoms with Crippen molar-refractivity contribution in [1.29, 1.82) is 0 Å². The number of halogens is 6. The Kier molecular flexibility index (Phi) is 7.72. The number of benzene rings is 1. The minimum absolute atomic E-state index is 0.0463. The molecule has 15 heteroatoms. The molecule has 180 valence electrons. The second-order valence-electron chi connectivity index (χ2n) is 6.32. The molecule has 3 aromatic rings. The van der Waals surface area contributed by atoms with E-state index in [1.165, 1.54) is 30.5 Å². The van der Waals surface area contributed by atoms with Crippen molar-refractivity contribution in [3.63, 3.8) is 0 Å². The summed E-state index contributed by atoms with van der Waals surface area (Å²) in [4.78, 5) is 15.1. The highest BCUT2D eigenvalue weighted by molar-refractivity contribution is 7.89. The minimum Gasteiger partial charge on any atom is -0.475 e. The fraction of sp³-hybridized carbons (Fsp3) is 0.222. The van der Waals surface area contributed by atoms with E-state index in [0.29, 0.717) is 16.5 Å². The first-order valence-electron chi connectivity index (χ1n) is 8.82. The highest BCUT2D eigenvalue weighted by Gasteiger charge is 2.38. The second-order valence-corrected chi connectivity index (χ2v) is 8.08. The van der Waals surface area contributed by atoms with E-state index in [9.17, 15) is 34.8 Å². The first-order chi connectivity index (χ1) is 15.2. The van der Waals surface area contributed by atoms with Crippen molar-refractivity contribution in [3.05, 3.63) is 48.3 Å². The van der Waals surface area contributed by atoms with Crippen LogP contribution in [-0.2, 0) is 21.0 Å². The van der Waals surface area contributed by atoms with E-state index in [1.807, 2.05) is 0 Å². The topological polar surface area (TPSA) is 138 Å². The molecule has 0 bridgehead atoms. The summed E-state index contributed by atoms with van der Waals surface area (Å²) >= 11 is 0. The Morgan fingerprint density at radius 2 is 1.67 bits per heavy atom. The van der Waals surface area contributed by atoms with Crippen LogP contribution in [0.25, 0.3) is 22.2 Å². The number of rotatable bonds is 5. The number of fused-ring (bicyclic) bond motifs is 1. The first-order valence-corrected chi connectivity index (χ1v) is 10.3. The number of pyridine rings is 1. The molecular weight excluding hydrogens is 482 g/mol. The number of aromatic nitrogens is 2. The van der Waals surface area contributed by atoms with Gasteiger partial charge in [-0.2, -0.15) is 26.3 Å². The minimum atomic E-state index is -5.08. The maximum atomic E-state index is 12.9. The molecule has 8 nitrogen and oxygen atoms in total.